The number of aryl methyl sites for hydroxylation is 1. The minimum absolute atomic E-state index is 0.914. The second kappa shape index (κ2) is 6.48. The summed E-state index contributed by atoms with van der Waals surface area (Å²) in [7, 11) is 2.07. The van der Waals surface area contributed by atoms with Crippen molar-refractivity contribution in [3.05, 3.63) is 23.4 Å². The molecule has 1 aromatic heterocycles. The minimum atomic E-state index is 0.914. The van der Waals surface area contributed by atoms with Crippen molar-refractivity contribution < 1.29 is 0 Å². The van der Waals surface area contributed by atoms with Crippen molar-refractivity contribution in [2.24, 2.45) is 0 Å². The molecule has 0 aromatic carbocycles. The van der Waals surface area contributed by atoms with E-state index in [-0.39, 0.29) is 0 Å². The van der Waals surface area contributed by atoms with E-state index in [4.69, 9.17) is 0 Å². The van der Waals surface area contributed by atoms with Crippen LogP contribution in [0.4, 0.5) is 5.82 Å². The summed E-state index contributed by atoms with van der Waals surface area (Å²) in [6.45, 7) is 9.40. The van der Waals surface area contributed by atoms with Gasteiger partial charge in [0.05, 0.1) is 0 Å². The van der Waals surface area contributed by atoms with Crippen LogP contribution in [0.15, 0.2) is 12.3 Å². The lowest BCUT2D eigenvalue weighted by Crippen LogP contribution is -2.19. The quantitative estimate of drug-likeness (QED) is 0.747. The Labute approximate surface area is 98.9 Å². The van der Waals surface area contributed by atoms with E-state index in [0.29, 0.717) is 0 Å². The molecule has 3 nitrogen and oxygen atoms in total. The lowest BCUT2D eigenvalue weighted by molar-refractivity contribution is 0.673. The Morgan fingerprint density at radius 1 is 1.38 bits per heavy atom. The van der Waals surface area contributed by atoms with E-state index < -0.39 is 0 Å². The van der Waals surface area contributed by atoms with E-state index in [1.807, 2.05) is 6.20 Å². The molecule has 1 rings (SSSR count). The van der Waals surface area contributed by atoms with Crippen molar-refractivity contribution in [2.75, 3.05) is 25.0 Å². The van der Waals surface area contributed by atoms with Crippen molar-refractivity contribution in [1.82, 2.24) is 10.3 Å². The third kappa shape index (κ3) is 3.49. The van der Waals surface area contributed by atoms with Gasteiger partial charge in [-0.2, -0.15) is 0 Å². The molecule has 0 bridgehead atoms. The molecule has 1 heterocycles. The molecule has 0 unspecified atom stereocenters. The molecule has 1 N–H and O–H groups in total. The van der Waals surface area contributed by atoms with Gasteiger partial charge < -0.3 is 10.2 Å². The number of nitrogens with zero attached hydrogens (tertiary/aromatic N) is 2. The lowest BCUT2D eigenvalue weighted by atomic mass is 10.2. The first kappa shape index (κ1) is 13.0. The summed E-state index contributed by atoms with van der Waals surface area (Å²) < 4.78 is 0. The van der Waals surface area contributed by atoms with E-state index in [2.05, 4.69) is 49.1 Å². The highest BCUT2D eigenvalue weighted by Crippen LogP contribution is 2.16. The maximum Gasteiger partial charge on any atom is 0.131 e. The second-order valence-corrected chi connectivity index (χ2v) is 4.18. The summed E-state index contributed by atoms with van der Waals surface area (Å²) >= 11 is 0. The van der Waals surface area contributed by atoms with Gasteiger partial charge in [0.1, 0.15) is 5.82 Å². The maximum absolute atomic E-state index is 4.51. The predicted molar refractivity (Wildman–Crippen MR) is 69.9 cm³/mol. The van der Waals surface area contributed by atoms with Crippen LogP contribution in [-0.4, -0.2) is 25.1 Å². The van der Waals surface area contributed by atoms with E-state index in [0.717, 1.165) is 25.5 Å². The molecular formula is C13H23N3. The maximum atomic E-state index is 4.51. The monoisotopic (exact) mass is 221 g/mol. The molecular weight excluding hydrogens is 198 g/mol. The molecule has 0 aliphatic carbocycles. The molecule has 0 aliphatic heterocycles. The third-order valence-corrected chi connectivity index (χ3v) is 2.70. The second-order valence-electron chi connectivity index (χ2n) is 4.18. The molecule has 0 amide bonds. The van der Waals surface area contributed by atoms with Gasteiger partial charge in [0.2, 0.25) is 0 Å². The van der Waals surface area contributed by atoms with Crippen LogP contribution >= 0.6 is 0 Å². The van der Waals surface area contributed by atoms with Gasteiger partial charge in [-0.1, -0.05) is 6.92 Å². The fourth-order valence-corrected chi connectivity index (χ4v) is 1.68. The molecule has 0 saturated carbocycles. The van der Waals surface area contributed by atoms with Crippen LogP contribution in [0.3, 0.4) is 0 Å². The number of anilines is 1. The van der Waals surface area contributed by atoms with Crippen LogP contribution in [0, 0.1) is 6.92 Å². The van der Waals surface area contributed by atoms with Crippen molar-refractivity contribution >= 4 is 5.82 Å². The summed E-state index contributed by atoms with van der Waals surface area (Å²) in [5.41, 5.74) is 2.51. The highest BCUT2D eigenvalue weighted by atomic mass is 15.2. The van der Waals surface area contributed by atoms with E-state index >= 15 is 0 Å². The van der Waals surface area contributed by atoms with Crippen molar-refractivity contribution in [2.45, 2.75) is 33.7 Å². The molecule has 0 saturated heterocycles. The molecule has 0 spiro atoms. The van der Waals surface area contributed by atoms with Crippen LogP contribution in [-0.2, 0) is 6.54 Å². The van der Waals surface area contributed by atoms with Crippen molar-refractivity contribution in [3.8, 4) is 0 Å². The van der Waals surface area contributed by atoms with E-state index in [1.54, 1.807) is 0 Å². The topological polar surface area (TPSA) is 28.2 Å². The standard InChI is InChI=1S/C13H23N3/c1-5-7-14-9-12-8-11(3)13(15-10-12)16(4)6-2/h8,10,14H,5-7,9H2,1-4H3. The van der Waals surface area contributed by atoms with Crippen molar-refractivity contribution in [3.63, 3.8) is 0 Å². The van der Waals surface area contributed by atoms with E-state index in [1.165, 1.54) is 17.5 Å². The zero-order chi connectivity index (χ0) is 12.0. The molecule has 0 aliphatic rings. The van der Waals surface area contributed by atoms with Gasteiger partial charge >= 0.3 is 0 Å². The number of aromatic nitrogens is 1. The number of hydrogen-bond acceptors (Lipinski definition) is 3. The Morgan fingerprint density at radius 3 is 2.69 bits per heavy atom. The minimum Gasteiger partial charge on any atom is -0.360 e. The average Bonchev–Trinajstić information content (AvgIpc) is 2.29. The average molecular weight is 221 g/mol. The Bertz CT molecular complexity index is 323. The Morgan fingerprint density at radius 2 is 2.12 bits per heavy atom. The summed E-state index contributed by atoms with van der Waals surface area (Å²) in [6.07, 6.45) is 3.14. The van der Waals surface area contributed by atoms with Gasteiger partial charge in [-0.05, 0) is 44.0 Å². The molecule has 1 aromatic rings. The molecule has 0 radical (unpaired) electrons. The fraction of sp³-hybridized carbons (Fsp3) is 0.615. The Hall–Kier alpha value is -1.09. The predicted octanol–water partition coefficient (Wildman–Crippen LogP) is 2.35. The number of nitrogens with one attached hydrogen (secondary N) is 1. The molecule has 0 fully saturated rings. The first-order valence-electron chi connectivity index (χ1n) is 6.06. The summed E-state index contributed by atoms with van der Waals surface area (Å²) in [5.74, 6) is 1.08. The van der Waals surface area contributed by atoms with Gasteiger partial charge in [0.25, 0.3) is 0 Å². The fourth-order valence-electron chi connectivity index (χ4n) is 1.68. The highest BCUT2D eigenvalue weighted by molar-refractivity contribution is 5.46. The first-order chi connectivity index (χ1) is 7.69. The SMILES string of the molecule is CCCNCc1cnc(N(C)CC)c(C)c1. The first-order valence-corrected chi connectivity index (χ1v) is 6.06. The zero-order valence-corrected chi connectivity index (χ0v) is 10.9. The largest absolute Gasteiger partial charge is 0.360 e. The van der Waals surface area contributed by atoms with Gasteiger partial charge in [-0.25, -0.2) is 4.98 Å². The third-order valence-electron chi connectivity index (χ3n) is 2.70. The molecule has 0 atom stereocenters. The van der Waals surface area contributed by atoms with Gasteiger partial charge in [0, 0.05) is 26.3 Å². The summed E-state index contributed by atoms with van der Waals surface area (Å²) in [6, 6.07) is 2.22. The number of rotatable bonds is 6. The smallest absolute Gasteiger partial charge is 0.131 e. The lowest BCUT2D eigenvalue weighted by Gasteiger charge is -2.18. The van der Waals surface area contributed by atoms with Crippen LogP contribution in [0.1, 0.15) is 31.4 Å². The number of hydrogen-bond donors (Lipinski definition) is 1. The Balaban J connectivity index is 2.67. The van der Waals surface area contributed by atoms with Crippen molar-refractivity contribution in [1.29, 1.82) is 0 Å². The summed E-state index contributed by atoms with van der Waals surface area (Å²) in [5, 5.41) is 3.39. The Kier molecular flexibility index (Phi) is 5.26. The van der Waals surface area contributed by atoms with Crippen LogP contribution in [0.2, 0.25) is 0 Å². The zero-order valence-electron chi connectivity index (χ0n) is 10.9. The van der Waals surface area contributed by atoms with Gasteiger partial charge in [-0.15, -0.1) is 0 Å². The van der Waals surface area contributed by atoms with Crippen LogP contribution in [0.5, 0.6) is 0 Å². The van der Waals surface area contributed by atoms with Gasteiger partial charge in [0.15, 0.2) is 0 Å². The molecule has 90 valence electrons. The van der Waals surface area contributed by atoms with Crippen LogP contribution in [0.25, 0.3) is 0 Å². The molecule has 3 heteroatoms. The van der Waals surface area contributed by atoms with Gasteiger partial charge in [-0.3, -0.25) is 0 Å². The molecule has 16 heavy (non-hydrogen) atoms. The van der Waals surface area contributed by atoms with E-state index in [9.17, 15) is 0 Å². The van der Waals surface area contributed by atoms with Crippen LogP contribution < -0.4 is 10.2 Å². The normalized spacial score (nSPS) is 10.5. The summed E-state index contributed by atoms with van der Waals surface area (Å²) in [4.78, 5) is 6.68. The number of pyridine rings is 1. The highest BCUT2D eigenvalue weighted by Gasteiger charge is 2.04.